The van der Waals surface area contributed by atoms with Crippen molar-refractivity contribution in [2.45, 2.75) is 20.4 Å². The van der Waals surface area contributed by atoms with Crippen LogP contribution < -0.4 is 0 Å². The highest BCUT2D eigenvalue weighted by atomic mass is 16.5. The van der Waals surface area contributed by atoms with Crippen LogP contribution in [0.2, 0.25) is 0 Å². The highest BCUT2D eigenvalue weighted by Crippen LogP contribution is 2.20. The van der Waals surface area contributed by atoms with E-state index in [1.807, 2.05) is 67.3 Å². The van der Waals surface area contributed by atoms with Gasteiger partial charge in [0.1, 0.15) is 5.69 Å². The van der Waals surface area contributed by atoms with E-state index in [0.717, 1.165) is 59.9 Å². The maximum Gasteiger partial charge on any atom is 0.253 e. The Morgan fingerprint density at radius 2 is 1.64 bits per heavy atom. The van der Waals surface area contributed by atoms with E-state index in [9.17, 15) is 4.79 Å². The maximum atomic E-state index is 12.8. The first-order valence-electron chi connectivity index (χ1n) is 9.69. The molecule has 1 saturated heterocycles. The van der Waals surface area contributed by atoms with E-state index < -0.39 is 0 Å². The van der Waals surface area contributed by atoms with E-state index in [1.165, 1.54) is 0 Å². The molecule has 0 saturated carbocycles. The number of hydrogen-bond acceptors (Lipinski definition) is 4. The Labute approximate surface area is 165 Å². The topological polar surface area (TPSA) is 49.6 Å². The quantitative estimate of drug-likeness (QED) is 0.694. The molecule has 1 amide bonds. The number of hydrogen-bond donors (Lipinski definition) is 0. The van der Waals surface area contributed by atoms with Crippen molar-refractivity contribution in [3.8, 4) is 11.3 Å². The molecule has 28 heavy (non-hydrogen) atoms. The lowest BCUT2D eigenvalue weighted by Crippen LogP contribution is -2.48. The molecule has 2 aromatic carbocycles. The van der Waals surface area contributed by atoms with Gasteiger partial charge in [-0.05, 0) is 26.0 Å². The standard InChI is InChI=1S/C23H25N3O2/c1-17-12-18(2)14-20(13-17)23(27)26-10-8-25(9-11-26)16-21-15-22(24-28-21)19-6-4-3-5-7-19/h3-7,12-15H,8-11,16H2,1-2H3. The molecule has 3 aromatic rings. The van der Waals surface area contributed by atoms with Crippen molar-refractivity contribution in [3.63, 3.8) is 0 Å². The average molecular weight is 375 g/mol. The summed E-state index contributed by atoms with van der Waals surface area (Å²) in [5.41, 5.74) is 4.96. The summed E-state index contributed by atoms with van der Waals surface area (Å²) in [5, 5.41) is 4.19. The predicted molar refractivity (Wildman–Crippen MR) is 109 cm³/mol. The number of piperazine rings is 1. The molecule has 2 heterocycles. The zero-order valence-corrected chi connectivity index (χ0v) is 16.4. The first-order valence-corrected chi connectivity index (χ1v) is 9.69. The Morgan fingerprint density at radius 3 is 2.32 bits per heavy atom. The third-order valence-electron chi connectivity index (χ3n) is 5.14. The van der Waals surface area contributed by atoms with E-state index in [0.29, 0.717) is 6.54 Å². The van der Waals surface area contributed by atoms with Crippen molar-refractivity contribution in [2.24, 2.45) is 0 Å². The summed E-state index contributed by atoms with van der Waals surface area (Å²) in [6.07, 6.45) is 0. The van der Waals surface area contributed by atoms with Crippen molar-refractivity contribution < 1.29 is 9.32 Å². The Hall–Kier alpha value is -2.92. The monoisotopic (exact) mass is 375 g/mol. The van der Waals surface area contributed by atoms with Crippen LogP contribution in [-0.4, -0.2) is 47.0 Å². The highest BCUT2D eigenvalue weighted by molar-refractivity contribution is 5.94. The minimum Gasteiger partial charge on any atom is -0.359 e. The molecule has 0 radical (unpaired) electrons. The molecule has 1 aliphatic rings. The van der Waals surface area contributed by atoms with Crippen LogP contribution in [0.25, 0.3) is 11.3 Å². The van der Waals surface area contributed by atoms with E-state index in [-0.39, 0.29) is 5.91 Å². The molecule has 1 fully saturated rings. The fourth-order valence-electron chi connectivity index (χ4n) is 3.74. The van der Waals surface area contributed by atoms with Crippen molar-refractivity contribution >= 4 is 5.91 Å². The van der Waals surface area contributed by atoms with Crippen molar-refractivity contribution in [2.75, 3.05) is 26.2 Å². The fourth-order valence-corrected chi connectivity index (χ4v) is 3.74. The van der Waals surface area contributed by atoms with Gasteiger partial charge in [-0.1, -0.05) is 52.7 Å². The lowest BCUT2D eigenvalue weighted by atomic mass is 10.1. The van der Waals surface area contributed by atoms with Gasteiger partial charge < -0.3 is 9.42 Å². The molecule has 4 rings (SSSR count). The van der Waals surface area contributed by atoms with Gasteiger partial charge in [0, 0.05) is 43.4 Å². The number of rotatable bonds is 4. The molecule has 0 aliphatic carbocycles. The van der Waals surface area contributed by atoms with Crippen molar-refractivity contribution in [3.05, 3.63) is 77.0 Å². The van der Waals surface area contributed by atoms with Gasteiger partial charge in [-0.2, -0.15) is 0 Å². The van der Waals surface area contributed by atoms with Crippen LogP contribution in [-0.2, 0) is 6.54 Å². The Morgan fingerprint density at radius 1 is 0.964 bits per heavy atom. The number of aromatic nitrogens is 1. The molecule has 5 heteroatoms. The lowest BCUT2D eigenvalue weighted by molar-refractivity contribution is 0.0617. The van der Waals surface area contributed by atoms with Crippen molar-refractivity contribution in [1.82, 2.24) is 15.0 Å². The molecule has 5 nitrogen and oxygen atoms in total. The first kappa shape index (κ1) is 18.4. The molecule has 1 aromatic heterocycles. The van der Waals surface area contributed by atoms with Gasteiger partial charge in [-0.15, -0.1) is 0 Å². The minimum atomic E-state index is 0.123. The summed E-state index contributed by atoms with van der Waals surface area (Å²) in [5.74, 6) is 0.977. The number of benzene rings is 2. The molecule has 1 aliphatic heterocycles. The van der Waals surface area contributed by atoms with Crippen molar-refractivity contribution in [1.29, 1.82) is 0 Å². The second-order valence-corrected chi connectivity index (χ2v) is 7.49. The van der Waals surface area contributed by atoms with E-state index in [1.54, 1.807) is 0 Å². The number of aryl methyl sites for hydroxylation is 2. The van der Waals surface area contributed by atoms with Crippen LogP contribution in [0.4, 0.5) is 0 Å². The third kappa shape index (κ3) is 4.15. The van der Waals surface area contributed by atoms with Crippen LogP contribution in [0.15, 0.2) is 59.1 Å². The van der Waals surface area contributed by atoms with Crippen LogP contribution in [0.1, 0.15) is 27.2 Å². The highest BCUT2D eigenvalue weighted by Gasteiger charge is 2.23. The summed E-state index contributed by atoms with van der Waals surface area (Å²) in [4.78, 5) is 17.1. The first-order chi connectivity index (χ1) is 13.6. The zero-order valence-electron chi connectivity index (χ0n) is 16.4. The molecular formula is C23H25N3O2. The molecule has 0 N–H and O–H groups in total. The van der Waals surface area contributed by atoms with Crippen LogP contribution in [0.3, 0.4) is 0 Å². The minimum absolute atomic E-state index is 0.123. The number of carbonyl (C=O) groups is 1. The Bertz CT molecular complexity index is 937. The second kappa shape index (κ2) is 7.98. The predicted octanol–water partition coefficient (Wildman–Crippen LogP) is 3.92. The number of amides is 1. The summed E-state index contributed by atoms with van der Waals surface area (Å²) < 4.78 is 5.52. The summed E-state index contributed by atoms with van der Waals surface area (Å²) in [7, 11) is 0. The van der Waals surface area contributed by atoms with Gasteiger partial charge in [-0.3, -0.25) is 9.69 Å². The Kier molecular flexibility index (Phi) is 5.26. The molecular weight excluding hydrogens is 350 g/mol. The molecule has 0 bridgehead atoms. The zero-order chi connectivity index (χ0) is 19.5. The van der Waals surface area contributed by atoms with Crippen LogP contribution >= 0.6 is 0 Å². The lowest BCUT2D eigenvalue weighted by Gasteiger charge is -2.34. The van der Waals surface area contributed by atoms with Gasteiger partial charge in [0.15, 0.2) is 5.76 Å². The van der Waals surface area contributed by atoms with Crippen LogP contribution in [0, 0.1) is 13.8 Å². The van der Waals surface area contributed by atoms with Gasteiger partial charge in [0.2, 0.25) is 0 Å². The van der Waals surface area contributed by atoms with E-state index in [4.69, 9.17) is 4.52 Å². The maximum absolute atomic E-state index is 12.8. The largest absolute Gasteiger partial charge is 0.359 e. The smallest absolute Gasteiger partial charge is 0.253 e. The van der Waals surface area contributed by atoms with Gasteiger partial charge >= 0.3 is 0 Å². The third-order valence-corrected chi connectivity index (χ3v) is 5.14. The Balaban J connectivity index is 1.34. The molecule has 0 spiro atoms. The van der Waals surface area contributed by atoms with Gasteiger partial charge in [-0.25, -0.2) is 0 Å². The SMILES string of the molecule is Cc1cc(C)cc(C(=O)N2CCN(Cc3cc(-c4ccccc4)no3)CC2)c1. The van der Waals surface area contributed by atoms with Gasteiger partial charge in [0.05, 0.1) is 6.54 Å². The summed E-state index contributed by atoms with van der Waals surface area (Å²) >= 11 is 0. The number of carbonyl (C=O) groups excluding carboxylic acids is 1. The second-order valence-electron chi connectivity index (χ2n) is 7.49. The molecule has 0 atom stereocenters. The molecule has 144 valence electrons. The average Bonchev–Trinajstić information content (AvgIpc) is 3.16. The summed E-state index contributed by atoms with van der Waals surface area (Å²) in [6.45, 7) is 7.89. The van der Waals surface area contributed by atoms with E-state index in [2.05, 4.69) is 16.1 Å². The normalized spacial score (nSPS) is 15.0. The molecule has 0 unspecified atom stereocenters. The van der Waals surface area contributed by atoms with Gasteiger partial charge in [0.25, 0.3) is 5.91 Å². The fraction of sp³-hybridized carbons (Fsp3) is 0.304. The number of nitrogens with zero attached hydrogens (tertiary/aromatic N) is 3. The van der Waals surface area contributed by atoms with Crippen LogP contribution in [0.5, 0.6) is 0 Å². The summed E-state index contributed by atoms with van der Waals surface area (Å²) in [6, 6.07) is 18.1. The van der Waals surface area contributed by atoms with E-state index >= 15 is 0 Å².